The van der Waals surface area contributed by atoms with Gasteiger partial charge in [-0.05, 0) is 26.9 Å². The lowest BCUT2D eigenvalue weighted by atomic mass is 9.99. The molecule has 0 aromatic carbocycles. The molecule has 0 spiro atoms. The fraction of sp³-hybridized carbons (Fsp3) is 0.667. The molecule has 9 nitrogen and oxygen atoms in total. The lowest BCUT2D eigenvalue weighted by Crippen LogP contribution is -2.39. The molecule has 138 valence electrons. The van der Waals surface area contributed by atoms with Crippen molar-refractivity contribution in [1.82, 2.24) is 33.8 Å². The van der Waals surface area contributed by atoms with Crippen molar-refractivity contribution in [1.29, 1.82) is 0 Å². The van der Waals surface area contributed by atoms with E-state index in [-0.39, 0.29) is 10.8 Å². The predicted octanol–water partition coefficient (Wildman–Crippen LogP) is 0.179. The summed E-state index contributed by atoms with van der Waals surface area (Å²) in [6.07, 6.45) is 4.65. The number of piperidine rings is 1. The minimum absolute atomic E-state index is 0.0496. The van der Waals surface area contributed by atoms with Gasteiger partial charge in [0.25, 0.3) is 0 Å². The van der Waals surface area contributed by atoms with Crippen LogP contribution in [0.5, 0.6) is 0 Å². The number of aromatic nitrogens is 5. The molecule has 2 aromatic rings. The van der Waals surface area contributed by atoms with Crippen LogP contribution in [0, 0.1) is 0 Å². The van der Waals surface area contributed by atoms with Crippen LogP contribution in [-0.4, -0.2) is 69.4 Å². The second-order valence-corrected chi connectivity index (χ2v) is 8.76. The summed E-state index contributed by atoms with van der Waals surface area (Å²) in [5.41, 5.74) is 0. The average Bonchev–Trinajstić information content (AvgIpc) is 3.14. The standard InChI is InChI=1S/C15H25N7O2S/c1-19(2)11-14-17-18-15(21(14)4)12-6-5-7-22(9-12)25(23,24)13-8-16-20(3)10-13/h8,10,12H,5-7,9,11H2,1-4H3. The van der Waals surface area contributed by atoms with Gasteiger partial charge in [-0.25, -0.2) is 8.42 Å². The molecule has 3 rings (SSSR count). The number of sulfonamides is 1. The maximum atomic E-state index is 12.8. The molecule has 1 saturated heterocycles. The summed E-state index contributed by atoms with van der Waals surface area (Å²) < 4.78 is 30.7. The minimum atomic E-state index is -3.52. The van der Waals surface area contributed by atoms with E-state index in [9.17, 15) is 8.42 Å². The van der Waals surface area contributed by atoms with Crippen molar-refractivity contribution in [2.75, 3.05) is 27.2 Å². The Morgan fingerprint density at radius 2 is 2.04 bits per heavy atom. The van der Waals surface area contributed by atoms with Gasteiger partial charge in [-0.2, -0.15) is 9.40 Å². The normalized spacial score (nSPS) is 19.6. The Morgan fingerprint density at radius 1 is 1.28 bits per heavy atom. The first-order chi connectivity index (χ1) is 11.8. The molecule has 1 aliphatic rings. The van der Waals surface area contributed by atoms with Crippen molar-refractivity contribution < 1.29 is 8.42 Å². The quantitative estimate of drug-likeness (QED) is 0.749. The molecule has 0 radical (unpaired) electrons. The number of nitrogens with zero attached hydrogens (tertiary/aromatic N) is 7. The van der Waals surface area contributed by atoms with E-state index in [4.69, 9.17) is 0 Å². The third kappa shape index (κ3) is 3.60. The van der Waals surface area contributed by atoms with E-state index in [1.54, 1.807) is 11.4 Å². The third-order valence-corrected chi connectivity index (χ3v) is 6.34. The summed E-state index contributed by atoms with van der Waals surface area (Å²) in [7, 11) is 4.10. The van der Waals surface area contributed by atoms with Crippen LogP contribution in [0.3, 0.4) is 0 Å². The van der Waals surface area contributed by atoms with E-state index in [1.807, 2.05) is 30.6 Å². The van der Waals surface area contributed by atoms with Gasteiger partial charge in [0.05, 0.1) is 12.7 Å². The average molecular weight is 367 g/mol. The first kappa shape index (κ1) is 18.0. The van der Waals surface area contributed by atoms with Crippen molar-refractivity contribution >= 4 is 10.0 Å². The van der Waals surface area contributed by atoms with Crippen LogP contribution in [-0.2, 0) is 30.7 Å². The molecule has 25 heavy (non-hydrogen) atoms. The predicted molar refractivity (Wildman–Crippen MR) is 92.3 cm³/mol. The highest BCUT2D eigenvalue weighted by Crippen LogP contribution is 2.29. The SMILES string of the molecule is CN(C)Cc1nnc(C2CCCN(S(=O)(=O)c3cnn(C)c3)C2)n1C. The molecular formula is C15H25N7O2S. The molecule has 0 aliphatic carbocycles. The molecule has 10 heteroatoms. The van der Waals surface area contributed by atoms with Gasteiger partial charge in [0, 0.05) is 39.3 Å². The van der Waals surface area contributed by atoms with Gasteiger partial charge >= 0.3 is 0 Å². The maximum Gasteiger partial charge on any atom is 0.246 e. The molecule has 1 fully saturated rings. The molecule has 1 unspecified atom stereocenters. The van der Waals surface area contributed by atoms with Crippen LogP contribution in [0.15, 0.2) is 17.3 Å². The molecule has 2 aromatic heterocycles. The molecule has 3 heterocycles. The summed E-state index contributed by atoms with van der Waals surface area (Å²) in [4.78, 5) is 2.27. The van der Waals surface area contributed by atoms with Crippen molar-refractivity contribution in [2.24, 2.45) is 14.1 Å². The molecule has 1 atom stereocenters. The lowest BCUT2D eigenvalue weighted by Gasteiger charge is -2.31. The van der Waals surface area contributed by atoms with E-state index in [1.165, 1.54) is 17.1 Å². The number of rotatable bonds is 5. The van der Waals surface area contributed by atoms with Crippen LogP contribution in [0.2, 0.25) is 0 Å². The molecule has 1 aliphatic heterocycles. The first-order valence-electron chi connectivity index (χ1n) is 8.30. The van der Waals surface area contributed by atoms with E-state index < -0.39 is 10.0 Å². The fourth-order valence-electron chi connectivity index (χ4n) is 3.20. The van der Waals surface area contributed by atoms with Gasteiger partial charge < -0.3 is 9.47 Å². The number of aryl methyl sites for hydroxylation is 1. The Balaban J connectivity index is 1.81. The molecular weight excluding hydrogens is 342 g/mol. The van der Waals surface area contributed by atoms with Crippen LogP contribution in [0.25, 0.3) is 0 Å². The fourth-order valence-corrected chi connectivity index (χ4v) is 4.71. The zero-order valence-corrected chi connectivity index (χ0v) is 15.9. The van der Waals surface area contributed by atoms with E-state index in [0.717, 1.165) is 24.5 Å². The topological polar surface area (TPSA) is 89.2 Å². The monoisotopic (exact) mass is 367 g/mol. The minimum Gasteiger partial charge on any atom is -0.317 e. The molecule has 0 saturated carbocycles. The summed E-state index contributed by atoms with van der Waals surface area (Å²) >= 11 is 0. The van der Waals surface area contributed by atoms with Crippen molar-refractivity contribution in [3.05, 3.63) is 24.0 Å². The Hall–Kier alpha value is -1.78. The van der Waals surface area contributed by atoms with E-state index in [0.29, 0.717) is 19.6 Å². The zero-order chi connectivity index (χ0) is 18.2. The van der Waals surface area contributed by atoms with Gasteiger partial charge in [0.2, 0.25) is 10.0 Å². The van der Waals surface area contributed by atoms with Crippen LogP contribution >= 0.6 is 0 Å². The van der Waals surface area contributed by atoms with Crippen molar-refractivity contribution in [3.63, 3.8) is 0 Å². The Kier molecular flexibility index (Phi) is 4.94. The van der Waals surface area contributed by atoms with E-state index >= 15 is 0 Å². The van der Waals surface area contributed by atoms with Crippen molar-refractivity contribution in [2.45, 2.75) is 30.2 Å². The van der Waals surface area contributed by atoms with Crippen molar-refractivity contribution in [3.8, 4) is 0 Å². The summed E-state index contributed by atoms with van der Waals surface area (Å²) in [6.45, 7) is 1.65. The van der Waals surface area contributed by atoms with E-state index in [2.05, 4.69) is 15.3 Å². The van der Waals surface area contributed by atoms with Gasteiger partial charge in [-0.3, -0.25) is 4.68 Å². The van der Waals surface area contributed by atoms with Crippen LogP contribution in [0.1, 0.15) is 30.4 Å². The van der Waals surface area contributed by atoms with Gasteiger partial charge in [0.1, 0.15) is 16.5 Å². The molecule has 0 N–H and O–H groups in total. The van der Waals surface area contributed by atoms with Gasteiger partial charge in [-0.1, -0.05) is 0 Å². The third-order valence-electron chi connectivity index (χ3n) is 4.52. The maximum absolute atomic E-state index is 12.8. The summed E-state index contributed by atoms with van der Waals surface area (Å²) in [6, 6.07) is 0. The largest absolute Gasteiger partial charge is 0.317 e. The van der Waals surface area contributed by atoms with Gasteiger partial charge in [0.15, 0.2) is 0 Å². The Morgan fingerprint density at radius 3 is 2.68 bits per heavy atom. The number of hydrogen-bond acceptors (Lipinski definition) is 6. The number of hydrogen-bond donors (Lipinski definition) is 0. The highest BCUT2D eigenvalue weighted by molar-refractivity contribution is 7.89. The summed E-state index contributed by atoms with van der Waals surface area (Å²) in [5, 5.41) is 12.6. The van der Waals surface area contributed by atoms with Gasteiger partial charge in [-0.15, -0.1) is 10.2 Å². The summed E-state index contributed by atoms with van der Waals surface area (Å²) in [5.74, 6) is 1.78. The van der Waals surface area contributed by atoms with Crippen LogP contribution in [0.4, 0.5) is 0 Å². The molecule has 0 amide bonds. The first-order valence-corrected chi connectivity index (χ1v) is 9.74. The second-order valence-electron chi connectivity index (χ2n) is 6.82. The zero-order valence-electron chi connectivity index (χ0n) is 15.1. The Bertz CT molecular complexity index is 840. The Labute approximate surface area is 148 Å². The highest BCUT2D eigenvalue weighted by Gasteiger charge is 2.33. The lowest BCUT2D eigenvalue weighted by molar-refractivity contribution is 0.305. The van der Waals surface area contributed by atoms with Crippen LogP contribution < -0.4 is 0 Å². The smallest absolute Gasteiger partial charge is 0.246 e. The highest BCUT2D eigenvalue weighted by atomic mass is 32.2. The second kappa shape index (κ2) is 6.85. The molecule has 0 bridgehead atoms.